The molecule has 3 heterocycles. The van der Waals surface area contributed by atoms with Crippen molar-refractivity contribution in [1.82, 2.24) is 14.8 Å². The molecule has 0 bridgehead atoms. The third kappa shape index (κ3) is 8.71. The maximum absolute atomic E-state index is 14.4. The number of anilines is 2. The van der Waals surface area contributed by atoms with E-state index in [9.17, 15) is 19.2 Å². The summed E-state index contributed by atoms with van der Waals surface area (Å²) in [4.78, 5) is 64.3. The van der Waals surface area contributed by atoms with Crippen LogP contribution in [-0.2, 0) is 15.9 Å². The lowest BCUT2D eigenvalue weighted by atomic mass is 10.0. The van der Waals surface area contributed by atoms with Crippen LogP contribution in [-0.4, -0.2) is 93.8 Å². The van der Waals surface area contributed by atoms with Gasteiger partial charge in [0, 0.05) is 50.4 Å². The van der Waals surface area contributed by atoms with Crippen LogP contribution in [0.15, 0.2) is 30.5 Å². The number of carbonyl (C=O) groups excluding carboxylic acids is 4. The number of nitrogens with zero attached hydrogens (tertiary/aromatic N) is 5. The van der Waals surface area contributed by atoms with Gasteiger partial charge in [-0.1, -0.05) is 23.7 Å². The lowest BCUT2D eigenvalue weighted by molar-refractivity contribution is 0.00384. The van der Waals surface area contributed by atoms with Crippen LogP contribution in [0.3, 0.4) is 0 Å². The van der Waals surface area contributed by atoms with Crippen molar-refractivity contribution >= 4 is 51.5 Å². The molecule has 0 N–H and O–H groups in total. The smallest absolute Gasteiger partial charge is 0.427 e. The van der Waals surface area contributed by atoms with Crippen molar-refractivity contribution in [3.05, 3.63) is 52.7 Å². The first kappa shape index (κ1) is 35.9. The normalized spacial score (nSPS) is 17.1. The lowest BCUT2D eigenvalue weighted by Gasteiger charge is -2.36. The molecule has 2 fully saturated rings. The van der Waals surface area contributed by atoms with Gasteiger partial charge in [0.2, 0.25) is 0 Å². The number of piperazine rings is 1. The van der Waals surface area contributed by atoms with Gasteiger partial charge < -0.3 is 23.6 Å². The second-order valence-electron chi connectivity index (χ2n) is 13.7. The Labute approximate surface area is 281 Å². The number of rotatable bonds is 5. The third-order valence-corrected chi connectivity index (χ3v) is 9.97. The van der Waals surface area contributed by atoms with Gasteiger partial charge in [-0.05, 0) is 103 Å². The van der Waals surface area contributed by atoms with E-state index < -0.39 is 29.3 Å². The topological polar surface area (TPSA) is 113 Å². The Morgan fingerprint density at radius 2 is 1.53 bits per heavy atom. The highest BCUT2D eigenvalue weighted by Crippen LogP contribution is 2.35. The van der Waals surface area contributed by atoms with Crippen LogP contribution in [0.2, 0.25) is 0 Å². The molecule has 1 unspecified atom stereocenters. The van der Waals surface area contributed by atoms with E-state index in [2.05, 4.69) is 32.5 Å². The summed E-state index contributed by atoms with van der Waals surface area (Å²) in [6.45, 7) is 18.7. The molecule has 2 saturated heterocycles. The van der Waals surface area contributed by atoms with Crippen molar-refractivity contribution in [2.24, 2.45) is 0 Å². The fourth-order valence-electron chi connectivity index (χ4n) is 5.56. The van der Waals surface area contributed by atoms with Gasteiger partial charge in [-0.15, -0.1) is 4.90 Å². The van der Waals surface area contributed by atoms with Crippen molar-refractivity contribution in [3.63, 3.8) is 0 Å². The number of hydrogen-bond donors (Lipinski definition) is 0. The molecule has 1 atom stereocenters. The van der Waals surface area contributed by atoms with Crippen LogP contribution in [0.4, 0.5) is 21.1 Å². The highest BCUT2D eigenvalue weighted by molar-refractivity contribution is 8.16. The molecule has 0 saturated carbocycles. The molecule has 2 aliphatic heterocycles. The summed E-state index contributed by atoms with van der Waals surface area (Å²) in [6.07, 6.45) is 1.44. The van der Waals surface area contributed by atoms with Crippen LogP contribution in [0.25, 0.3) is 0 Å². The summed E-state index contributed by atoms with van der Waals surface area (Å²) in [7, 11) is -0.154. The molecule has 0 radical (unpaired) electrons. The quantitative estimate of drug-likeness (QED) is 0.333. The number of benzene rings is 1. The molecule has 2 aliphatic rings. The second kappa shape index (κ2) is 14.5. The summed E-state index contributed by atoms with van der Waals surface area (Å²) in [5, 5.41) is 2.13. The fraction of sp³-hybridized carbons (Fsp3) is 0.543. The van der Waals surface area contributed by atoms with E-state index in [1.54, 1.807) is 58.6 Å². The van der Waals surface area contributed by atoms with Gasteiger partial charge in [0.25, 0.3) is 11.8 Å². The zero-order valence-corrected chi connectivity index (χ0v) is 30.0. The van der Waals surface area contributed by atoms with Gasteiger partial charge in [0.15, 0.2) is 0 Å². The van der Waals surface area contributed by atoms with Gasteiger partial charge in [0.1, 0.15) is 17.0 Å². The zero-order valence-electron chi connectivity index (χ0n) is 29.2. The molecule has 4 rings (SSSR count). The molecule has 47 heavy (non-hydrogen) atoms. The number of aromatic nitrogens is 1. The summed E-state index contributed by atoms with van der Waals surface area (Å²) < 4.78 is 13.2. The molecule has 2 aromatic rings. The van der Waals surface area contributed by atoms with Gasteiger partial charge in [-0.25, -0.2) is 14.6 Å². The number of amides is 4. The van der Waals surface area contributed by atoms with E-state index in [4.69, 9.17) is 9.47 Å². The molecule has 0 aliphatic carbocycles. The SMILES string of the molecule is C/C=S1\CCCN1c1ccc(C(=O)N2CCN(c3ncc(CC)cc3C)CC2)c(C(=O)N(C(=O)OC(C)(C)C)C(=O)OC(C)(C)C)c1. The summed E-state index contributed by atoms with van der Waals surface area (Å²) >= 11 is 0. The molecule has 11 nitrogen and oxygen atoms in total. The van der Waals surface area contributed by atoms with Crippen molar-refractivity contribution in [2.45, 2.75) is 86.4 Å². The Morgan fingerprint density at radius 3 is 2.06 bits per heavy atom. The van der Waals surface area contributed by atoms with Gasteiger partial charge in [-0.2, -0.15) is 0 Å². The molecule has 256 valence electrons. The van der Waals surface area contributed by atoms with E-state index in [1.807, 2.05) is 26.1 Å². The van der Waals surface area contributed by atoms with Crippen molar-refractivity contribution in [1.29, 1.82) is 0 Å². The monoisotopic (exact) mass is 667 g/mol. The Kier molecular flexibility index (Phi) is 11.0. The van der Waals surface area contributed by atoms with Gasteiger partial charge in [-0.3, -0.25) is 9.59 Å². The van der Waals surface area contributed by atoms with E-state index in [0.29, 0.717) is 31.1 Å². The van der Waals surface area contributed by atoms with Crippen LogP contribution < -0.4 is 9.21 Å². The summed E-state index contributed by atoms with van der Waals surface area (Å²) in [5.74, 6) is 0.546. The van der Waals surface area contributed by atoms with Gasteiger partial charge >= 0.3 is 12.2 Å². The average Bonchev–Trinajstić information content (AvgIpc) is 3.48. The summed E-state index contributed by atoms with van der Waals surface area (Å²) in [5.41, 5.74) is 1.04. The van der Waals surface area contributed by atoms with E-state index >= 15 is 0 Å². The van der Waals surface area contributed by atoms with Crippen LogP contribution >= 0.6 is 10.7 Å². The maximum Gasteiger partial charge on any atom is 0.427 e. The highest BCUT2D eigenvalue weighted by Gasteiger charge is 2.39. The second-order valence-corrected chi connectivity index (χ2v) is 15.9. The first-order chi connectivity index (χ1) is 22.0. The highest BCUT2D eigenvalue weighted by atomic mass is 32.2. The third-order valence-electron chi connectivity index (χ3n) is 7.76. The molecule has 0 spiro atoms. The minimum absolute atomic E-state index is 0.0640. The largest absolute Gasteiger partial charge is 0.443 e. The van der Waals surface area contributed by atoms with Crippen LogP contribution in [0.1, 0.15) is 93.7 Å². The van der Waals surface area contributed by atoms with E-state index in [1.165, 1.54) is 5.56 Å². The number of aryl methyl sites for hydroxylation is 2. The molecule has 12 heteroatoms. The average molecular weight is 668 g/mol. The van der Waals surface area contributed by atoms with E-state index in [-0.39, 0.29) is 27.7 Å². The standard InChI is InChI=1S/C35H49N5O6S/c1-10-25-21-24(3)29(36-23-25)37-16-18-38(19-17-37)30(41)27-14-13-26(39-15-12-20-47(39)11-2)22-28(27)31(42)40(32(43)45-34(4,5)6)33(44)46-35(7,8)9/h11,13-14,21-23H,10,12,15-20H2,1-9H3. The molecular formula is C35H49N5O6S. The number of pyridine rings is 1. The van der Waals surface area contributed by atoms with Crippen LogP contribution in [0, 0.1) is 6.92 Å². The molecule has 1 aromatic carbocycles. The number of ether oxygens (including phenoxy) is 2. The van der Waals surface area contributed by atoms with Crippen molar-refractivity contribution < 1.29 is 28.7 Å². The predicted molar refractivity (Wildman–Crippen MR) is 188 cm³/mol. The Hall–Kier alpha value is -3.93. The Balaban J connectivity index is 1.70. The first-order valence-electron chi connectivity index (χ1n) is 16.2. The zero-order chi connectivity index (χ0) is 34.7. The fourth-order valence-corrected chi connectivity index (χ4v) is 7.45. The first-order valence-corrected chi connectivity index (χ1v) is 17.7. The van der Waals surface area contributed by atoms with Crippen LogP contribution in [0.5, 0.6) is 0 Å². The van der Waals surface area contributed by atoms with Crippen molar-refractivity contribution in [3.8, 4) is 0 Å². The Morgan fingerprint density at radius 1 is 0.915 bits per heavy atom. The molecular weight excluding hydrogens is 618 g/mol. The number of imide groups is 3. The van der Waals surface area contributed by atoms with E-state index in [0.717, 1.165) is 42.2 Å². The summed E-state index contributed by atoms with van der Waals surface area (Å²) in [6, 6.07) is 7.22. The van der Waals surface area contributed by atoms with Crippen molar-refractivity contribution in [2.75, 3.05) is 47.7 Å². The lowest BCUT2D eigenvalue weighted by Crippen LogP contribution is -2.50. The number of carbonyl (C=O) groups is 4. The van der Waals surface area contributed by atoms with Gasteiger partial charge in [0.05, 0.1) is 11.1 Å². The Bertz CT molecular complexity index is 1520. The maximum atomic E-state index is 14.4. The predicted octanol–water partition coefficient (Wildman–Crippen LogP) is 6.44. The minimum Gasteiger partial charge on any atom is -0.443 e. The minimum atomic E-state index is -1.17. The molecule has 1 aromatic heterocycles. The molecule has 4 amide bonds. The number of hydrogen-bond acceptors (Lipinski definition) is 9.